The lowest BCUT2D eigenvalue weighted by atomic mass is 10.0. The number of amides is 2. The number of benzene rings is 2. The quantitative estimate of drug-likeness (QED) is 0.834. The van der Waals surface area contributed by atoms with Crippen molar-refractivity contribution in [2.24, 2.45) is 0 Å². The minimum absolute atomic E-state index is 0.0730. The van der Waals surface area contributed by atoms with Crippen molar-refractivity contribution in [3.8, 4) is 0 Å². The largest absolute Gasteiger partial charge is 0.341 e. The van der Waals surface area contributed by atoms with Crippen LogP contribution in [0.25, 0.3) is 0 Å². The van der Waals surface area contributed by atoms with Crippen molar-refractivity contribution in [2.75, 3.05) is 26.2 Å². The topological polar surface area (TPSA) is 40.6 Å². The van der Waals surface area contributed by atoms with Crippen LogP contribution in [0.2, 0.25) is 0 Å². The molecule has 0 aromatic heterocycles. The Morgan fingerprint density at radius 3 is 2.44 bits per heavy atom. The molecule has 1 fully saturated rings. The summed E-state index contributed by atoms with van der Waals surface area (Å²) in [5.74, 6) is -0.740. The van der Waals surface area contributed by atoms with Crippen molar-refractivity contribution in [2.45, 2.75) is 26.7 Å². The van der Waals surface area contributed by atoms with Crippen LogP contribution in [0.3, 0.4) is 0 Å². The summed E-state index contributed by atoms with van der Waals surface area (Å²) in [4.78, 5) is 28.8. The number of hydrogen-bond acceptors (Lipinski definition) is 2. The van der Waals surface area contributed by atoms with Gasteiger partial charge in [0, 0.05) is 26.2 Å². The second-order valence-corrected chi connectivity index (χ2v) is 7.11. The highest BCUT2D eigenvalue weighted by atomic mass is 19.1. The number of hydrogen-bond donors (Lipinski definition) is 0. The minimum Gasteiger partial charge on any atom is -0.341 e. The Morgan fingerprint density at radius 2 is 1.67 bits per heavy atom. The van der Waals surface area contributed by atoms with E-state index < -0.39 is 5.82 Å². The fourth-order valence-corrected chi connectivity index (χ4v) is 3.44. The fraction of sp³-hybridized carbons (Fsp3) is 0.364. The summed E-state index contributed by atoms with van der Waals surface area (Å²) in [6, 6.07) is 12.2. The number of halogens is 1. The van der Waals surface area contributed by atoms with Gasteiger partial charge in [0.05, 0.1) is 12.0 Å². The average molecular weight is 368 g/mol. The maximum atomic E-state index is 13.9. The normalized spacial score (nSPS) is 14.8. The van der Waals surface area contributed by atoms with Gasteiger partial charge in [-0.15, -0.1) is 0 Å². The molecule has 27 heavy (non-hydrogen) atoms. The molecular formula is C22H25FN2O2. The number of carbonyl (C=O) groups is 2. The summed E-state index contributed by atoms with van der Waals surface area (Å²) in [5, 5.41) is 0. The molecule has 0 atom stereocenters. The lowest BCUT2D eigenvalue weighted by Gasteiger charge is -2.23. The van der Waals surface area contributed by atoms with Crippen LogP contribution < -0.4 is 0 Å². The van der Waals surface area contributed by atoms with Gasteiger partial charge in [-0.05, 0) is 43.5 Å². The zero-order chi connectivity index (χ0) is 19.4. The molecule has 1 aliphatic rings. The molecule has 0 bridgehead atoms. The molecule has 1 heterocycles. The Hall–Kier alpha value is -2.69. The molecule has 0 N–H and O–H groups in total. The van der Waals surface area contributed by atoms with Crippen molar-refractivity contribution >= 4 is 11.8 Å². The van der Waals surface area contributed by atoms with Crippen LogP contribution >= 0.6 is 0 Å². The van der Waals surface area contributed by atoms with E-state index in [4.69, 9.17) is 0 Å². The molecule has 2 aromatic carbocycles. The molecule has 4 nitrogen and oxygen atoms in total. The number of rotatable bonds is 3. The Labute approximate surface area is 159 Å². The van der Waals surface area contributed by atoms with Crippen molar-refractivity contribution in [1.82, 2.24) is 9.80 Å². The molecule has 1 aliphatic heterocycles. The number of aryl methyl sites for hydroxylation is 2. The predicted molar refractivity (Wildman–Crippen MR) is 103 cm³/mol. The van der Waals surface area contributed by atoms with Gasteiger partial charge in [-0.2, -0.15) is 0 Å². The van der Waals surface area contributed by atoms with Crippen LogP contribution in [0, 0.1) is 19.7 Å². The second-order valence-electron chi connectivity index (χ2n) is 7.11. The fourth-order valence-electron chi connectivity index (χ4n) is 3.44. The van der Waals surface area contributed by atoms with Gasteiger partial charge in [-0.3, -0.25) is 9.59 Å². The van der Waals surface area contributed by atoms with Gasteiger partial charge in [0.15, 0.2) is 0 Å². The lowest BCUT2D eigenvalue weighted by Crippen LogP contribution is -2.38. The zero-order valence-electron chi connectivity index (χ0n) is 15.9. The summed E-state index contributed by atoms with van der Waals surface area (Å²) in [5.41, 5.74) is 3.39. The van der Waals surface area contributed by atoms with E-state index in [1.54, 1.807) is 17.0 Å². The summed E-state index contributed by atoms with van der Waals surface area (Å²) >= 11 is 0. The van der Waals surface area contributed by atoms with Crippen LogP contribution in [0.4, 0.5) is 4.39 Å². The van der Waals surface area contributed by atoms with Crippen LogP contribution in [0.15, 0.2) is 42.5 Å². The SMILES string of the molecule is Cc1ccc(C)c(CC(=O)N2CCCN(C(=O)c3ccccc3F)CC2)c1. The molecule has 5 heteroatoms. The van der Waals surface area contributed by atoms with Gasteiger partial charge >= 0.3 is 0 Å². The lowest BCUT2D eigenvalue weighted by molar-refractivity contribution is -0.130. The van der Waals surface area contributed by atoms with E-state index in [9.17, 15) is 14.0 Å². The van der Waals surface area contributed by atoms with Gasteiger partial charge in [0.2, 0.25) is 5.91 Å². The van der Waals surface area contributed by atoms with Gasteiger partial charge in [0.1, 0.15) is 5.82 Å². The third kappa shape index (κ3) is 4.54. The van der Waals surface area contributed by atoms with Crippen molar-refractivity contribution in [1.29, 1.82) is 0 Å². The maximum absolute atomic E-state index is 13.9. The molecule has 142 valence electrons. The van der Waals surface area contributed by atoms with Gasteiger partial charge < -0.3 is 9.80 Å². The third-order valence-electron chi connectivity index (χ3n) is 5.09. The van der Waals surface area contributed by atoms with Gasteiger partial charge in [-0.1, -0.05) is 35.9 Å². The minimum atomic E-state index is -0.505. The van der Waals surface area contributed by atoms with Crippen LogP contribution in [0.5, 0.6) is 0 Å². The van der Waals surface area contributed by atoms with E-state index in [0.717, 1.165) is 16.7 Å². The molecule has 1 saturated heterocycles. The first-order chi connectivity index (χ1) is 13.0. The predicted octanol–water partition coefficient (Wildman–Crippen LogP) is 3.36. The Bertz CT molecular complexity index is 850. The highest BCUT2D eigenvalue weighted by Gasteiger charge is 2.24. The Balaban J connectivity index is 1.64. The van der Waals surface area contributed by atoms with E-state index in [-0.39, 0.29) is 17.4 Å². The van der Waals surface area contributed by atoms with Crippen molar-refractivity contribution in [3.63, 3.8) is 0 Å². The molecule has 2 aromatic rings. The standard InChI is InChI=1S/C22H25FN2O2/c1-16-8-9-17(2)18(14-16)15-21(26)24-10-5-11-25(13-12-24)22(27)19-6-3-4-7-20(19)23/h3-4,6-9,14H,5,10-13,15H2,1-2H3. The Kier molecular flexibility index (Phi) is 5.89. The summed E-state index contributed by atoms with van der Waals surface area (Å²) < 4.78 is 13.9. The summed E-state index contributed by atoms with van der Waals surface area (Å²) in [7, 11) is 0. The number of carbonyl (C=O) groups excluding carboxylic acids is 2. The number of nitrogens with zero attached hydrogens (tertiary/aromatic N) is 2. The van der Waals surface area contributed by atoms with Crippen LogP contribution in [0.1, 0.15) is 33.5 Å². The molecule has 0 aliphatic carbocycles. The first-order valence-electron chi connectivity index (χ1n) is 9.33. The molecule has 0 saturated carbocycles. The average Bonchev–Trinajstić information content (AvgIpc) is 2.91. The molecule has 3 rings (SSSR count). The van der Waals surface area contributed by atoms with Crippen LogP contribution in [-0.2, 0) is 11.2 Å². The molecular weight excluding hydrogens is 343 g/mol. The third-order valence-corrected chi connectivity index (χ3v) is 5.09. The zero-order valence-corrected chi connectivity index (χ0v) is 15.9. The summed E-state index contributed by atoms with van der Waals surface area (Å²) in [6.07, 6.45) is 1.06. The van der Waals surface area contributed by atoms with E-state index in [2.05, 4.69) is 6.07 Å². The van der Waals surface area contributed by atoms with Gasteiger partial charge in [0.25, 0.3) is 5.91 Å². The molecule has 2 amide bonds. The monoisotopic (exact) mass is 368 g/mol. The smallest absolute Gasteiger partial charge is 0.256 e. The van der Waals surface area contributed by atoms with E-state index in [1.165, 1.54) is 12.1 Å². The second kappa shape index (κ2) is 8.33. The highest BCUT2D eigenvalue weighted by molar-refractivity contribution is 5.94. The first kappa shape index (κ1) is 19.1. The Morgan fingerprint density at radius 1 is 0.963 bits per heavy atom. The molecule has 0 spiro atoms. The highest BCUT2D eigenvalue weighted by Crippen LogP contribution is 2.15. The van der Waals surface area contributed by atoms with Crippen molar-refractivity contribution in [3.05, 3.63) is 70.5 Å². The van der Waals surface area contributed by atoms with E-state index >= 15 is 0 Å². The molecule has 0 radical (unpaired) electrons. The summed E-state index contributed by atoms with van der Waals surface area (Å²) in [6.45, 7) is 6.08. The van der Waals surface area contributed by atoms with Crippen LogP contribution in [-0.4, -0.2) is 47.8 Å². The van der Waals surface area contributed by atoms with Gasteiger partial charge in [-0.25, -0.2) is 4.39 Å². The van der Waals surface area contributed by atoms with Crippen molar-refractivity contribution < 1.29 is 14.0 Å². The molecule has 0 unspecified atom stereocenters. The van der Waals surface area contributed by atoms with E-state index in [0.29, 0.717) is 39.0 Å². The van der Waals surface area contributed by atoms with E-state index in [1.807, 2.05) is 30.9 Å². The first-order valence-corrected chi connectivity index (χ1v) is 9.33. The maximum Gasteiger partial charge on any atom is 0.256 e.